The molecular formula is C43H57N14O7W-. The monoisotopic (exact) mass is 1070 g/mol. The summed E-state index contributed by atoms with van der Waals surface area (Å²) in [4.78, 5) is 55.6. The number of hydrogen-bond acceptors (Lipinski definition) is 14. The molecule has 2 aromatic carbocycles. The van der Waals surface area contributed by atoms with E-state index in [0.29, 0.717) is 64.5 Å². The Kier molecular flexibility index (Phi) is 16.7. The summed E-state index contributed by atoms with van der Waals surface area (Å²) in [6, 6.07) is 7.77. The third-order valence-electron chi connectivity index (χ3n) is 11.1. The number of benzene rings is 2. The number of carbonyl (C=O) groups is 3. The maximum absolute atomic E-state index is 13.7. The van der Waals surface area contributed by atoms with E-state index in [0.717, 1.165) is 39.1 Å². The molecule has 3 aromatic heterocycles. The number of nitrogens with one attached hydrogen (secondary N) is 2. The van der Waals surface area contributed by atoms with Gasteiger partial charge in [0, 0.05) is 110 Å². The Balaban J connectivity index is 0.00000397. The van der Waals surface area contributed by atoms with Crippen molar-refractivity contribution >= 4 is 57.9 Å². The predicted molar refractivity (Wildman–Crippen MR) is 244 cm³/mol. The number of aromatic nitrogens is 6. The fraction of sp³-hybridized carbons (Fsp3) is 0.419. The number of fused-ring (bicyclic) bond motifs is 2. The number of likely N-dealkylation sites (tertiary alicyclic amines) is 1. The van der Waals surface area contributed by atoms with Gasteiger partial charge in [0.2, 0.25) is 17.8 Å². The molecule has 0 atom stereocenters. The van der Waals surface area contributed by atoms with Crippen LogP contribution >= 0.6 is 0 Å². The van der Waals surface area contributed by atoms with E-state index in [4.69, 9.17) is 36.4 Å². The molecule has 65 heavy (non-hydrogen) atoms. The average Bonchev–Trinajstić information content (AvgIpc) is 3.93. The standard InChI is InChI=1S/C43H55N13O7.H2N.W/c1-5-56-33(17-26(2)52-56)40(60)51-42-49-32-20-28(57)21-34(61-4)36(32)54(42)13-7-8-14-55-37-31(48-41(55)50-39(59)29(23-47-3)30(45)22-44)18-27(38(46)58)19-35(37)62-15-10-12-53-24-43(25-53)11-6-9-16-63-43;;/h7-8,17-21,23,57H,5-6,9-16,22,24-25,44-45H2,1-4H3,(H2,46,58)(H,48,50,59)(H,49,51,60);1H2;/q;-1;/b8-7+,30-29+,47-23?;;. The summed E-state index contributed by atoms with van der Waals surface area (Å²) in [5.41, 5.74) is 20.9. The van der Waals surface area contributed by atoms with Crippen LogP contribution in [-0.4, -0.2) is 122 Å². The van der Waals surface area contributed by atoms with Crippen LogP contribution in [0.25, 0.3) is 28.2 Å². The quantitative estimate of drug-likeness (QED) is 0.0316. The number of rotatable bonds is 18. The minimum atomic E-state index is -0.672. The number of imidazole rings is 2. The molecule has 5 heterocycles. The van der Waals surface area contributed by atoms with E-state index in [2.05, 4.69) is 30.6 Å². The number of ether oxygens (including phenoxy) is 3. The molecule has 2 aliphatic heterocycles. The zero-order chi connectivity index (χ0) is 44.8. The summed E-state index contributed by atoms with van der Waals surface area (Å²) in [5.74, 6) is -0.737. The maximum Gasteiger partial charge on any atom is 0.276 e. The van der Waals surface area contributed by atoms with Crippen LogP contribution in [0, 0.1) is 6.92 Å². The van der Waals surface area contributed by atoms with Crippen LogP contribution in [0.4, 0.5) is 11.9 Å². The maximum atomic E-state index is 13.7. The van der Waals surface area contributed by atoms with E-state index in [9.17, 15) is 19.5 Å². The number of methoxy groups -OCH3 is 1. The first-order chi connectivity index (χ1) is 30.4. The fourth-order valence-electron chi connectivity index (χ4n) is 8.15. The summed E-state index contributed by atoms with van der Waals surface area (Å²) < 4.78 is 23.2. The Morgan fingerprint density at radius 3 is 2.28 bits per heavy atom. The SMILES string of the molecule is CCn1nc(C)cc1C(=O)Nc1nc2cc(O)cc(OC)c2n1C/C=C/Cn1c(NC(=O)/C(C=NC)=C(/N)CN)nc2cc(C(N)=O)cc(OCCCN3CC4(CCCCO4)C3)c21.[NH2-].[W]. The number of aromatic hydroxyl groups is 1. The number of phenols is 1. The van der Waals surface area contributed by atoms with Gasteiger partial charge < -0.3 is 51.8 Å². The van der Waals surface area contributed by atoms with Gasteiger partial charge in [-0.25, -0.2) is 9.97 Å². The van der Waals surface area contributed by atoms with Crippen molar-refractivity contribution in [3.8, 4) is 17.2 Å². The molecule has 1 spiro atoms. The molecule has 0 bridgehead atoms. The van der Waals surface area contributed by atoms with Gasteiger partial charge in [0.05, 0.1) is 41.6 Å². The van der Waals surface area contributed by atoms with Crippen molar-refractivity contribution in [3.63, 3.8) is 0 Å². The van der Waals surface area contributed by atoms with Gasteiger partial charge in [-0.05, 0) is 57.7 Å². The molecule has 3 amide bonds. The number of amides is 3. The van der Waals surface area contributed by atoms with Crippen molar-refractivity contribution in [3.05, 3.63) is 76.9 Å². The van der Waals surface area contributed by atoms with Gasteiger partial charge in [0.1, 0.15) is 34.0 Å². The second-order valence-corrected chi connectivity index (χ2v) is 15.6. The Morgan fingerprint density at radius 2 is 1.66 bits per heavy atom. The first-order valence-corrected chi connectivity index (χ1v) is 20.9. The van der Waals surface area contributed by atoms with Gasteiger partial charge in [-0.1, -0.05) is 12.2 Å². The van der Waals surface area contributed by atoms with Crippen LogP contribution in [0.2, 0.25) is 0 Å². The van der Waals surface area contributed by atoms with Gasteiger partial charge in [0.15, 0.2) is 0 Å². The molecule has 2 saturated heterocycles. The molecule has 11 N–H and O–H groups in total. The van der Waals surface area contributed by atoms with Crippen molar-refractivity contribution in [2.24, 2.45) is 22.2 Å². The molecule has 22 heteroatoms. The smallest absolute Gasteiger partial charge is 0.276 e. The van der Waals surface area contributed by atoms with Gasteiger partial charge in [0.25, 0.3) is 11.8 Å². The second kappa shape index (κ2) is 21.7. The number of allylic oxidation sites excluding steroid dienone is 2. The number of carbonyl (C=O) groups excluding carboxylic acids is 3. The van der Waals surface area contributed by atoms with E-state index in [1.165, 1.54) is 38.9 Å². The average molecular weight is 1070 g/mol. The third kappa shape index (κ3) is 10.9. The summed E-state index contributed by atoms with van der Waals surface area (Å²) >= 11 is 0. The predicted octanol–water partition coefficient (Wildman–Crippen LogP) is 3.78. The van der Waals surface area contributed by atoms with Gasteiger partial charge in [-0.2, -0.15) is 5.10 Å². The van der Waals surface area contributed by atoms with E-state index >= 15 is 0 Å². The van der Waals surface area contributed by atoms with E-state index in [-0.39, 0.29) is 86.9 Å². The molecule has 5 aromatic rings. The van der Waals surface area contributed by atoms with E-state index < -0.39 is 17.7 Å². The van der Waals surface area contributed by atoms with Gasteiger partial charge >= 0.3 is 0 Å². The molecule has 0 saturated carbocycles. The number of aliphatic imine (C=N–C) groups is 1. The molecule has 7 rings (SSSR count). The molecule has 0 radical (unpaired) electrons. The van der Waals surface area contributed by atoms with Crippen LogP contribution in [0.1, 0.15) is 59.1 Å². The van der Waals surface area contributed by atoms with E-state index in [1.807, 2.05) is 26.0 Å². The third-order valence-corrected chi connectivity index (χ3v) is 11.1. The van der Waals surface area contributed by atoms with E-state index in [1.54, 1.807) is 32.0 Å². The number of aryl methyl sites for hydroxylation is 2. The van der Waals surface area contributed by atoms with Gasteiger partial charge in [-0.3, -0.25) is 39.6 Å². The summed E-state index contributed by atoms with van der Waals surface area (Å²) in [7, 11) is 2.99. The van der Waals surface area contributed by atoms with Crippen molar-refractivity contribution in [1.82, 2.24) is 33.8 Å². The summed E-state index contributed by atoms with van der Waals surface area (Å²) in [6.45, 7) is 8.16. The van der Waals surface area contributed by atoms with Crippen LogP contribution in [0.5, 0.6) is 17.2 Å². The zero-order valence-corrected chi connectivity index (χ0v) is 39.9. The topological polar surface area (TPSA) is 304 Å². The minimum absolute atomic E-state index is 0. The Hall–Kier alpha value is -6.12. The minimum Gasteiger partial charge on any atom is -0.693 e. The Labute approximate surface area is 390 Å². The number of primary amides is 1. The first-order valence-electron chi connectivity index (χ1n) is 20.9. The second-order valence-electron chi connectivity index (χ2n) is 15.6. The Morgan fingerprint density at radius 1 is 0.985 bits per heavy atom. The summed E-state index contributed by atoms with van der Waals surface area (Å²) in [6.07, 6.45) is 9.09. The van der Waals surface area contributed by atoms with Crippen LogP contribution in [0.3, 0.4) is 0 Å². The molecule has 2 aliphatic rings. The molecular weight excluding hydrogens is 1010 g/mol. The van der Waals surface area contributed by atoms with Crippen molar-refractivity contribution in [2.45, 2.75) is 64.8 Å². The number of nitrogens with two attached hydrogens (primary N) is 4. The molecule has 348 valence electrons. The van der Waals surface area contributed by atoms with Crippen molar-refractivity contribution in [2.75, 3.05) is 64.2 Å². The Bertz CT molecular complexity index is 2620. The zero-order valence-electron chi connectivity index (χ0n) is 37.0. The normalized spacial score (nSPS) is 15.2. The number of anilines is 2. The van der Waals surface area contributed by atoms with Crippen LogP contribution in [0.15, 0.2) is 58.7 Å². The first kappa shape index (κ1) is 49.9. The van der Waals surface area contributed by atoms with Crippen molar-refractivity contribution in [1.29, 1.82) is 0 Å². The molecule has 21 nitrogen and oxygen atoms in total. The van der Waals surface area contributed by atoms with Crippen LogP contribution in [-0.2, 0) is 50.2 Å². The van der Waals surface area contributed by atoms with Crippen molar-refractivity contribution < 1.29 is 54.8 Å². The van der Waals surface area contributed by atoms with Gasteiger partial charge in [-0.15, -0.1) is 0 Å². The van der Waals surface area contributed by atoms with Crippen LogP contribution < -0.4 is 37.3 Å². The number of hydrogen-bond donors (Lipinski definition) is 6. The summed E-state index contributed by atoms with van der Waals surface area (Å²) in [5, 5.41) is 20.6. The number of nitrogens with zero attached hydrogens (tertiary/aromatic N) is 8. The molecule has 2 fully saturated rings. The molecule has 0 unspecified atom stereocenters. The largest absolute Gasteiger partial charge is 0.693 e. The number of phenolic OH excluding ortho intramolecular Hbond substituents is 1. The molecule has 0 aliphatic carbocycles. The fourth-order valence-corrected chi connectivity index (χ4v) is 8.15.